The van der Waals surface area contributed by atoms with E-state index in [1.165, 1.54) is 6.07 Å². The second kappa shape index (κ2) is 10.9. The van der Waals surface area contributed by atoms with Gasteiger partial charge in [-0.15, -0.1) is 0 Å². The molecule has 3 fully saturated rings. The van der Waals surface area contributed by atoms with Gasteiger partial charge in [-0.1, -0.05) is 11.3 Å². The minimum Gasteiger partial charge on any atom is -0.483 e. The third kappa shape index (κ3) is 5.58. The van der Waals surface area contributed by atoms with E-state index in [2.05, 4.69) is 37.2 Å². The number of nitrogens with zero attached hydrogens (tertiary/aromatic N) is 4. The summed E-state index contributed by atoms with van der Waals surface area (Å²) in [6.45, 7) is 3.81. The summed E-state index contributed by atoms with van der Waals surface area (Å²) in [5.74, 6) is 0.257. The number of anilines is 3. The zero-order valence-electron chi connectivity index (χ0n) is 23.6. The van der Waals surface area contributed by atoms with Gasteiger partial charge in [-0.3, -0.25) is 4.90 Å². The Labute approximate surface area is 251 Å². The minimum absolute atomic E-state index is 0.0130. The number of likely N-dealkylation sites (tertiary alicyclic amines) is 1. The van der Waals surface area contributed by atoms with E-state index >= 15 is 0 Å². The third-order valence-corrected chi connectivity index (χ3v) is 11.7. The lowest BCUT2D eigenvalue weighted by atomic mass is 10.1. The van der Waals surface area contributed by atoms with Crippen LogP contribution in [0.15, 0.2) is 35.4 Å². The Morgan fingerprint density at radius 1 is 1.19 bits per heavy atom. The Bertz CT molecular complexity index is 1640. The number of rotatable bonds is 8. The average molecular weight is 636 g/mol. The Morgan fingerprint density at radius 2 is 2.02 bits per heavy atom. The van der Waals surface area contributed by atoms with Gasteiger partial charge in [0.25, 0.3) is 0 Å². The quantitative estimate of drug-likeness (QED) is 0.353. The summed E-state index contributed by atoms with van der Waals surface area (Å²) in [4.78, 5) is 13.3. The summed E-state index contributed by atoms with van der Waals surface area (Å²) in [5.41, 5.74) is 1.60. The molecular weight excluding hydrogens is 603 g/mol. The van der Waals surface area contributed by atoms with Gasteiger partial charge in [-0.05, 0) is 61.4 Å². The first kappa shape index (κ1) is 28.8. The maximum Gasteiger partial charge on any atom is 0.420 e. The summed E-state index contributed by atoms with van der Waals surface area (Å²) >= 11 is 0.858. The highest BCUT2D eigenvalue weighted by Gasteiger charge is 2.43. The Morgan fingerprint density at radius 3 is 2.74 bits per heavy atom. The number of benzene rings is 1. The number of halogens is 3. The topological polar surface area (TPSA) is 96.9 Å². The third-order valence-electron chi connectivity index (χ3n) is 8.69. The van der Waals surface area contributed by atoms with E-state index in [1.54, 1.807) is 7.11 Å². The lowest BCUT2D eigenvalue weighted by molar-refractivity contribution is -0.137. The number of sulfone groups is 1. The van der Waals surface area contributed by atoms with Gasteiger partial charge in [0.2, 0.25) is 5.95 Å². The summed E-state index contributed by atoms with van der Waals surface area (Å²) < 4.78 is 78.4. The highest BCUT2D eigenvalue weighted by atomic mass is 32.2. The molecule has 3 aromatic rings. The van der Waals surface area contributed by atoms with Crippen LogP contribution in [0, 0.1) is 0 Å². The Balaban J connectivity index is 1.18. The molecule has 1 aromatic carbocycles. The molecule has 2 aromatic heterocycles. The van der Waals surface area contributed by atoms with Crippen molar-refractivity contribution in [2.45, 2.75) is 54.8 Å². The van der Waals surface area contributed by atoms with Gasteiger partial charge in [0.15, 0.2) is 14.9 Å². The number of nitrogens with one attached hydrogen (secondary N) is 1. The molecule has 1 aliphatic carbocycles. The van der Waals surface area contributed by atoms with Gasteiger partial charge >= 0.3 is 6.18 Å². The van der Waals surface area contributed by atoms with E-state index in [4.69, 9.17) is 9.47 Å². The van der Waals surface area contributed by atoms with Crippen LogP contribution in [0.3, 0.4) is 0 Å². The second-order valence-corrected chi connectivity index (χ2v) is 14.7. The van der Waals surface area contributed by atoms with Gasteiger partial charge in [0.1, 0.15) is 10.5 Å². The highest BCUT2D eigenvalue weighted by Crippen LogP contribution is 2.48. The maximum atomic E-state index is 14.1. The van der Waals surface area contributed by atoms with E-state index in [1.807, 2.05) is 6.07 Å². The first-order valence-corrected chi connectivity index (χ1v) is 16.9. The molecular formula is C29H32F3N5O4S2. The van der Waals surface area contributed by atoms with Crippen molar-refractivity contribution in [1.82, 2.24) is 14.9 Å². The van der Waals surface area contributed by atoms with E-state index in [0.29, 0.717) is 24.4 Å². The van der Waals surface area contributed by atoms with Crippen LogP contribution in [0.2, 0.25) is 0 Å². The van der Waals surface area contributed by atoms with Crippen molar-refractivity contribution in [2.24, 2.45) is 0 Å². The van der Waals surface area contributed by atoms with Crippen LogP contribution in [0.4, 0.5) is 30.5 Å². The predicted octanol–water partition coefficient (Wildman–Crippen LogP) is 5.31. The summed E-state index contributed by atoms with van der Waals surface area (Å²) in [6.07, 6.45) is -0.436. The Kier molecular flexibility index (Phi) is 7.30. The van der Waals surface area contributed by atoms with E-state index < -0.39 is 21.6 Å². The van der Waals surface area contributed by atoms with Crippen molar-refractivity contribution in [1.29, 1.82) is 0 Å². The molecule has 0 radical (unpaired) electrons. The van der Waals surface area contributed by atoms with Crippen LogP contribution in [-0.4, -0.2) is 81.1 Å². The number of alkyl halides is 3. The van der Waals surface area contributed by atoms with Crippen molar-refractivity contribution in [3.8, 4) is 15.6 Å². The number of ether oxygens (including phenoxy) is 2. The number of aromatic nitrogens is 2. The first-order chi connectivity index (χ1) is 20.6. The van der Waals surface area contributed by atoms with Crippen LogP contribution in [0.1, 0.15) is 42.7 Å². The van der Waals surface area contributed by atoms with Gasteiger partial charge in [0, 0.05) is 56.4 Å². The van der Waals surface area contributed by atoms with Crippen LogP contribution < -0.4 is 15.0 Å². The number of fused-ring (bicyclic) bond motifs is 3. The van der Waals surface area contributed by atoms with Gasteiger partial charge in [-0.2, -0.15) is 13.2 Å². The highest BCUT2D eigenvalue weighted by molar-refractivity contribution is 7.91. The number of hydrogen-bond acceptors (Lipinski definition) is 10. The SMILES string of the molecule is COCCN1CC2C[C@@H]1CN2c1ccc(Nc2ncc(C(F)(F)F)c(-c3cc4c(s3)OCCCS4(=O)=O)n2)c(C2CC2)c1. The van der Waals surface area contributed by atoms with Crippen molar-refractivity contribution in [2.75, 3.05) is 55.9 Å². The summed E-state index contributed by atoms with van der Waals surface area (Å²) in [5, 5.41) is 3.27. The molecule has 3 aliphatic heterocycles. The van der Waals surface area contributed by atoms with Crippen LogP contribution >= 0.6 is 11.3 Å². The van der Waals surface area contributed by atoms with Crippen molar-refractivity contribution < 1.29 is 31.1 Å². The molecule has 1 unspecified atom stereocenters. The number of hydrogen-bond donors (Lipinski definition) is 1. The normalized spacial score (nSPS) is 23.2. The molecule has 5 heterocycles. The standard InChI is InChI=1S/C29H32F3N5O4S2/c1-40-9-7-36-15-20-11-19(36)16-37(20)18-5-6-23(21(12-18)17-3-4-17)34-28-33-14-22(29(30,31)32)26(35-28)24-13-25-27(42-24)41-8-2-10-43(25,38)39/h5-6,12-14,17,19-20H,2-4,7-11,15-16H2,1H3,(H,33,34,35)/t19-,20?/m1/s1. The lowest BCUT2D eigenvalue weighted by Gasteiger charge is -2.35. The number of piperazine rings is 1. The Hall–Kier alpha value is -2.94. The number of methoxy groups -OCH3 is 1. The molecule has 2 saturated heterocycles. The minimum atomic E-state index is -4.73. The van der Waals surface area contributed by atoms with Crippen molar-refractivity contribution >= 4 is 38.5 Å². The molecule has 230 valence electrons. The molecule has 43 heavy (non-hydrogen) atoms. The molecule has 7 rings (SSSR count). The number of thiophene rings is 1. The lowest BCUT2D eigenvalue weighted by Crippen LogP contribution is -2.47. The summed E-state index contributed by atoms with van der Waals surface area (Å²) in [7, 11) is -1.94. The maximum absolute atomic E-state index is 14.1. The molecule has 0 amide bonds. The summed E-state index contributed by atoms with van der Waals surface area (Å²) in [6, 6.07) is 8.41. The van der Waals surface area contributed by atoms with E-state index in [0.717, 1.165) is 80.0 Å². The van der Waals surface area contributed by atoms with Gasteiger partial charge in [-0.25, -0.2) is 18.4 Å². The molecule has 4 aliphatic rings. The fourth-order valence-corrected chi connectivity index (χ4v) is 9.24. The smallest absolute Gasteiger partial charge is 0.420 e. The van der Waals surface area contributed by atoms with E-state index in [-0.39, 0.29) is 38.8 Å². The van der Waals surface area contributed by atoms with Gasteiger partial charge < -0.3 is 19.7 Å². The fraction of sp³-hybridized carbons (Fsp3) is 0.517. The predicted molar refractivity (Wildman–Crippen MR) is 157 cm³/mol. The molecule has 2 atom stereocenters. The van der Waals surface area contributed by atoms with Crippen LogP contribution in [0.25, 0.3) is 10.6 Å². The molecule has 1 N–H and O–H groups in total. The van der Waals surface area contributed by atoms with Crippen molar-refractivity contribution in [3.63, 3.8) is 0 Å². The van der Waals surface area contributed by atoms with Gasteiger partial charge in [0.05, 0.1) is 29.5 Å². The van der Waals surface area contributed by atoms with E-state index in [9.17, 15) is 21.6 Å². The molecule has 9 nitrogen and oxygen atoms in total. The molecule has 1 saturated carbocycles. The zero-order chi connectivity index (χ0) is 29.9. The largest absolute Gasteiger partial charge is 0.483 e. The fourth-order valence-electron chi connectivity index (χ4n) is 6.40. The second-order valence-electron chi connectivity index (χ2n) is 11.6. The molecule has 14 heteroatoms. The zero-order valence-corrected chi connectivity index (χ0v) is 25.2. The monoisotopic (exact) mass is 635 g/mol. The first-order valence-electron chi connectivity index (χ1n) is 14.5. The molecule has 0 spiro atoms. The van der Waals surface area contributed by atoms with Crippen LogP contribution in [-0.2, 0) is 20.8 Å². The average Bonchev–Trinajstić information content (AvgIpc) is 3.45. The van der Waals surface area contributed by atoms with Crippen LogP contribution in [0.5, 0.6) is 5.06 Å². The van der Waals surface area contributed by atoms with Crippen molar-refractivity contribution in [3.05, 3.63) is 41.6 Å². The molecule has 2 bridgehead atoms.